The summed E-state index contributed by atoms with van der Waals surface area (Å²) in [6.07, 6.45) is 0.963. The molecule has 0 aromatic heterocycles. The lowest BCUT2D eigenvalue weighted by Crippen LogP contribution is -2.16. The predicted molar refractivity (Wildman–Crippen MR) is 56.8 cm³/mol. The van der Waals surface area contributed by atoms with Crippen molar-refractivity contribution in [3.63, 3.8) is 0 Å². The van der Waals surface area contributed by atoms with Crippen LogP contribution in [0.3, 0.4) is 0 Å². The summed E-state index contributed by atoms with van der Waals surface area (Å²) in [7, 11) is 4.05. The van der Waals surface area contributed by atoms with Crippen LogP contribution in [-0.4, -0.2) is 14.1 Å². The number of hydrogen-bond acceptors (Lipinski definition) is 2. The standard InChI is InChI=1S/C11H17N2/c1-4-10(12)9-7-5-6-8-11(9)13(2)3/h5,7-8,10H,4,12H2,1-3H3. The van der Waals surface area contributed by atoms with Crippen molar-refractivity contribution in [2.24, 2.45) is 5.73 Å². The predicted octanol–water partition coefficient (Wildman–Crippen LogP) is 1.96. The molecule has 0 aliphatic rings. The van der Waals surface area contributed by atoms with E-state index in [1.54, 1.807) is 0 Å². The molecule has 2 nitrogen and oxygen atoms in total. The van der Waals surface area contributed by atoms with E-state index in [0.29, 0.717) is 0 Å². The zero-order valence-electron chi connectivity index (χ0n) is 8.54. The molecule has 1 rings (SSSR count). The van der Waals surface area contributed by atoms with Gasteiger partial charge in [0.15, 0.2) is 0 Å². The van der Waals surface area contributed by atoms with Crippen molar-refractivity contribution in [1.82, 2.24) is 0 Å². The second-order valence-electron chi connectivity index (χ2n) is 3.39. The number of nitrogens with zero attached hydrogens (tertiary/aromatic N) is 1. The van der Waals surface area contributed by atoms with Crippen molar-refractivity contribution in [2.45, 2.75) is 19.4 Å². The normalized spacial score (nSPS) is 12.6. The van der Waals surface area contributed by atoms with Gasteiger partial charge < -0.3 is 10.6 Å². The van der Waals surface area contributed by atoms with Crippen LogP contribution in [0.25, 0.3) is 0 Å². The van der Waals surface area contributed by atoms with Crippen LogP contribution in [0.4, 0.5) is 5.69 Å². The molecular weight excluding hydrogens is 160 g/mol. The maximum atomic E-state index is 5.99. The Labute approximate surface area is 80.4 Å². The maximum Gasteiger partial charge on any atom is 0.0415 e. The first kappa shape index (κ1) is 10.1. The quantitative estimate of drug-likeness (QED) is 0.764. The molecule has 0 spiro atoms. The lowest BCUT2D eigenvalue weighted by Gasteiger charge is -2.20. The molecule has 0 aliphatic heterocycles. The van der Waals surface area contributed by atoms with E-state index in [0.717, 1.165) is 12.1 Å². The van der Waals surface area contributed by atoms with Crippen LogP contribution in [0.5, 0.6) is 0 Å². The number of rotatable bonds is 3. The minimum Gasteiger partial charge on any atom is -0.377 e. The van der Waals surface area contributed by atoms with Gasteiger partial charge in [0.2, 0.25) is 0 Å². The third kappa shape index (κ3) is 2.22. The molecule has 1 aromatic carbocycles. The summed E-state index contributed by atoms with van der Waals surface area (Å²) >= 11 is 0. The topological polar surface area (TPSA) is 29.3 Å². The highest BCUT2D eigenvalue weighted by Gasteiger charge is 2.09. The van der Waals surface area contributed by atoms with Crippen LogP contribution in [0, 0.1) is 6.07 Å². The van der Waals surface area contributed by atoms with Gasteiger partial charge in [-0.25, -0.2) is 0 Å². The molecule has 0 saturated heterocycles. The van der Waals surface area contributed by atoms with Crippen molar-refractivity contribution in [2.75, 3.05) is 19.0 Å². The third-order valence-electron chi connectivity index (χ3n) is 2.20. The second kappa shape index (κ2) is 4.28. The Balaban J connectivity index is 3.04. The van der Waals surface area contributed by atoms with E-state index in [2.05, 4.69) is 17.9 Å². The zero-order chi connectivity index (χ0) is 9.84. The monoisotopic (exact) mass is 177 g/mol. The molecule has 2 heteroatoms. The van der Waals surface area contributed by atoms with Crippen LogP contribution in [0.2, 0.25) is 0 Å². The maximum absolute atomic E-state index is 5.99. The van der Waals surface area contributed by atoms with Crippen molar-refractivity contribution >= 4 is 5.69 Å². The van der Waals surface area contributed by atoms with Crippen molar-refractivity contribution < 1.29 is 0 Å². The molecule has 0 heterocycles. The Hall–Kier alpha value is -1.02. The fourth-order valence-electron chi connectivity index (χ4n) is 1.35. The fraction of sp³-hybridized carbons (Fsp3) is 0.455. The highest BCUT2D eigenvalue weighted by Crippen LogP contribution is 2.24. The SMILES string of the molecule is CCC(N)c1cc[c]cc1N(C)C. The van der Waals surface area contributed by atoms with Gasteiger partial charge in [0.1, 0.15) is 0 Å². The molecule has 2 N–H and O–H groups in total. The lowest BCUT2D eigenvalue weighted by molar-refractivity contribution is 0.697. The summed E-state index contributed by atoms with van der Waals surface area (Å²) in [5, 5.41) is 0. The summed E-state index contributed by atoms with van der Waals surface area (Å²) in [6.45, 7) is 2.10. The highest BCUT2D eigenvalue weighted by atomic mass is 15.1. The fourth-order valence-corrected chi connectivity index (χ4v) is 1.35. The van der Waals surface area contributed by atoms with Gasteiger partial charge in [0.25, 0.3) is 0 Å². The number of benzene rings is 1. The Morgan fingerprint density at radius 2 is 2.23 bits per heavy atom. The van der Waals surface area contributed by atoms with Gasteiger partial charge in [0, 0.05) is 25.8 Å². The first-order valence-electron chi connectivity index (χ1n) is 4.59. The van der Waals surface area contributed by atoms with Gasteiger partial charge in [0.05, 0.1) is 0 Å². The van der Waals surface area contributed by atoms with Gasteiger partial charge in [-0.2, -0.15) is 0 Å². The summed E-state index contributed by atoms with van der Waals surface area (Å²) in [4.78, 5) is 2.07. The lowest BCUT2D eigenvalue weighted by atomic mass is 10.0. The van der Waals surface area contributed by atoms with Crippen LogP contribution >= 0.6 is 0 Å². The molecular formula is C11H17N2. The molecule has 1 unspecified atom stereocenters. The second-order valence-corrected chi connectivity index (χ2v) is 3.39. The highest BCUT2D eigenvalue weighted by molar-refractivity contribution is 5.53. The van der Waals surface area contributed by atoms with E-state index in [9.17, 15) is 0 Å². The summed E-state index contributed by atoms with van der Waals surface area (Å²) in [5.74, 6) is 0. The molecule has 13 heavy (non-hydrogen) atoms. The Morgan fingerprint density at radius 3 is 2.77 bits per heavy atom. The molecule has 0 saturated carbocycles. The van der Waals surface area contributed by atoms with Crippen LogP contribution in [0.15, 0.2) is 18.2 Å². The van der Waals surface area contributed by atoms with Gasteiger partial charge in [-0.1, -0.05) is 19.1 Å². The first-order valence-corrected chi connectivity index (χ1v) is 4.59. The molecule has 0 amide bonds. The first-order chi connectivity index (χ1) is 6.16. The van der Waals surface area contributed by atoms with Gasteiger partial charge >= 0.3 is 0 Å². The Kier molecular flexibility index (Phi) is 3.32. The molecule has 0 fully saturated rings. The van der Waals surface area contributed by atoms with Gasteiger partial charge in [-0.3, -0.25) is 0 Å². The van der Waals surface area contributed by atoms with Crippen molar-refractivity contribution in [1.29, 1.82) is 0 Å². The molecule has 1 radical (unpaired) electrons. The summed E-state index contributed by atoms with van der Waals surface area (Å²) in [6, 6.07) is 9.13. The van der Waals surface area contributed by atoms with Gasteiger partial charge in [-0.05, 0) is 24.1 Å². The average molecular weight is 177 g/mol. The number of hydrogen-bond donors (Lipinski definition) is 1. The Morgan fingerprint density at radius 1 is 1.54 bits per heavy atom. The number of anilines is 1. The van der Waals surface area contributed by atoms with E-state index in [-0.39, 0.29) is 6.04 Å². The van der Waals surface area contributed by atoms with E-state index in [1.807, 2.05) is 32.3 Å². The smallest absolute Gasteiger partial charge is 0.0415 e. The van der Waals surface area contributed by atoms with Crippen molar-refractivity contribution in [3.05, 3.63) is 29.8 Å². The van der Waals surface area contributed by atoms with E-state index in [4.69, 9.17) is 5.73 Å². The van der Waals surface area contributed by atoms with Crippen molar-refractivity contribution in [3.8, 4) is 0 Å². The van der Waals surface area contributed by atoms with E-state index >= 15 is 0 Å². The number of nitrogens with two attached hydrogens (primary N) is 1. The van der Waals surface area contributed by atoms with E-state index < -0.39 is 0 Å². The van der Waals surface area contributed by atoms with E-state index in [1.165, 1.54) is 5.56 Å². The molecule has 71 valence electrons. The van der Waals surface area contributed by atoms with Crippen LogP contribution in [0.1, 0.15) is 24.9 Å². The molecule has 0 bridgehead atoms. The molecule has 1 aromatic rings. The minimum atomic E-state index is 0.131. The third-order valence-corrected chi connectivity index (χ3v) is 2.20. The largest absolute Gasteiger partial charge is 0.377 e. The van der Waals surface area contributed by atoms with Crippen LogP contribution in [-0.2, 0) is 0 Å². The molecule has 1 atom stereocenters. The van der Waals surface area contributed by atoms with Crippen LogP contribution < -0.4 is 10.6 Å². The summed E-state index contributed by atoms with van der Waals surface area (Å²) in [5.41, 5.74) is 8.36. The summed E-state index contributed by atoms with van der Waals surface area (Å²) < 4.78 is 0. The Bertz CT molecular complexity index is 269. The molecule has 0 aliphatic carbocycles. The average Bonchev–Trinajstić information content (AvgIpc) is 2.16. The zero-order valence-corrected chi connectivity index (χ0v) is 8.54. The minimum absolute atomic E-state index is 0.131. The van der Waals surface area contributed by atoms with Gasteiger partial charge in [-0.15, -0.1) is 0 Å².